The lowest BCUT2D eigenvalue weighted by molar-refractivity contribution is -0.142. The first-order valence-corrected chi connectivity index (χ1v) is 7.07. The average Bonchev–Trinajstić information content (AvgIpc) is 2.43. The smallest absolute Gasteiger partial charge is 0.326 e. The van der Waals surface area contributed by atoms with E-state index in [0.717, 1.165) is 5.56 Å². The molecule has 0 aliphatic heterocycles. The Balaban J connectivity index is 2.89. The van der Waals surface area contributed by atoms with Crippen LogP contribution in [0.3, 0.4) is 0 Å². The first-order chi connectivity index (χ1) is 9.78. The van der Waals surface area contributed by atoms with E-state index in [1.165, 1.54) is 0 Å². The molecule has 0 fully saturated rings. The van der Waals surface area contributed by atoms with Crippen molar-refractivity contribution in [2.75, 3.05) is 0 Å². The number of hydrogen-bond acceptors (Lipinski definition) is 2. The topological polar surface area (TPSA) is 66.4 Å². The fourth-order valence-electron chi connectivity index (χ4n) is 1.83. The maximum absolute atomic E-state index is 12.4. The number of carboxylic acid groups (broad SMARTS) is 1. The Labute approximate surface area is 129 Å². The summed E-state index contributed by atoms with van der Waals surface area (Å²) in [5.41, 5.74) is -0.0617. The first-order valence-electron chi connectivity index (χ1n) is 6.70. The largest absolute Gasteiger partial charge is 0.480 e. The fourth-order valence-corrected chi connectivity index (χ4v) is 1.96. The van der Waals surface area contributed by atoms with Gasteiger partial charge in [-0.3, -0.25) is 4.79 Å². The van der Waals surface area contributed by atoms with Gasteiger partial charge in [0, 0.05) is 5.02 Å². The molecule has 0 aliphatic rings. The molecule has 1 aromatic carbocycles. The van der Waals surface area contributed by atoms with Crippen molar-refractivity contribution in [1.29, 1.82) is 0 Å². The number of aliphatic carboxylic acids is 1. The molecule has 1 aromatic rings. The van der Waals surface area contributed by atoms with Gasteiger partial charge in [0.15, 0.2) is 0 Å². The van der Waals surface area contributed by atoms with Crippen molar-refractivity contribution in [3.8, 4) is 0 Å². The number of carboxylic acids is 1. The van der Waals surface area contributed by atoms with Crippen LogP contribution in [-0.2, 0) is 15.0 Å². The van der Waals surface area contributed by atoms with Crippen molar-refractivity contribution in [1.82, 2.24) is 5.32 Å². The number of benzene rings is 1. The van der Waals surface area contributed by atoms with E-state index >= 15 is 0 Å². The third-order valence-corrected chi connectivity index (χ3v) is 3.60. The predicted octanol–water partition coefficient (Wildman–Crippen LogP) is 3.15. The van der Waals surface area contributed by atoms with E-state index in [9.17, 15) is 9.59 Å². The number of amides is 1. The van der Waals surface area contributed by atoms with E-state index in [4.69, 9.17) is 16.7 Å². The number of carbonyl (C=O) groups is 2. The lowest BCUT2D eigenvalue weighted by atomic mass is 9.83. The maximum atomic E-state index is 12.4. The molecule has 1 unspecified atom stereocenters. The Morgan fingerprint density at radius 1 is 1.33 bits per heavy atom. The summed E-state index contributed by atoms with van der Waals surface area (Å²) in [5.74, 6) is -1.38. The highest BCUT2D eigenvalue weighted by Crippen LogP contribution is 2.25. The second-order valence-corrected chi connectivity index (χ2v) is 5.74. The van der Waals surface area contributed by atoms with Crippen molar-refractivity contribution < 1.29 is 14.7 Å². The second-order valence-electron chi connectivity index (χ2n) is 5.30. The number of carbonyl (C=O) groups excluding carboxylic acids is 1. The Hall–Kier alpha value is -1.81. The van der Waals surface area contributed by atoms with Gasteiger partial charge in [0.1, 0.15) is 6.04 Å². The zero-order valence-electron chi connectivity index (χ0n) is 12.4. The third-order valence-electron chi connectivity index (χ3n) is 3.34. The zero-order chi connectivity index (χ0) is 16.0. The zero-order valence-corrected chi connectivity index (χ0v) is 13.1. The Bertz CT molecular complexity index is 535. The van der Waals surface area contributed by atoms with E-state index in [0.29, 0.717) is 5.02 Å². The molecule has 0 spiro atoms. The molecular weight excluding hydrogens is 290 g/mol. The van der Waals surface area contributed by atoms with Crippen molar-refractivity contribution in [3.05, 3.63) is 47.0 Å². The number of halogens is 1. The maximum Gasteiger partial charge on any atom is 0.326 e. The summed E-state index contributed by atoms with van der Waals surface area (Å²) < 4.78 is 0. The van der Waals surface area contributed by atoms with Gasteiger partial charge >= 0.3 is 5.97 Å². The molecule has 2 N–H and O–H groups in total. The molecule has 0 aromatic heterocycles. The number of hydrogen-bond donors (Lipinski definition) is 2. The van der Waals surface area contributed by atoms with Gasteiger partial charge in [-0.15, -0.1) is 0 Å². The highest BCUT2D eigenvalue weighted by Gasteiger charge is 2.32. The molecule has 114 valence electrons. The molecule has 0 bridgehead atoms. The first kappa shape index (κ1) is 17.2. The van der Waals surface area contributed by atoms with Crippen molar-refractivity contribution >= 4 is 23.5 Å². The summed E-state index contributed by atoms with van der Waals surface area (Å²) >= 11 is 5.84. The van der Waals surface area contributed by atoms with Crippen LogP contribution in [0, 0.1) is 0 Å². The summed E-state index contributed by atoms with van der Waals surface area (Å²) in [5, 5.41) is 12.3. The minimum absolute atomic E-state index is 0.258. The van der Waals surface area contributed by atoms with Crippen LogP contribution in [0.25, 0.3) is 0 Å². The lowest BCUT2D eigenvalue weighted by Gasteiger charge is -2.26. The predicted molar refractivity (Wildman–Crippen MR) is 83.5 cm³/mol. The second kappa shape index (κ2) is 7.27. The number of nitrogens with one attached hydrogen (secondary N) is 1. The number of allylic oxidation sites excluding steroid dienone is 1. The van der Waals surface area contributed by atoms with Crippen molar-refractivity contribution in [2.24, 2.45) is 0 Å². The quantitative estimate of drug-likeness (QED) is 0.793. The van der Waals surface area contributed by atoms with Gasteiger partial charge in [0.05, 0.1) is 5.41 Å². The molecule has 0 heterocycles. The molecule has 1 amide bonds. The highest BCUT2D eigenvalue weighted by molar-refractivity contribution is 6.30. The van der Waals surface area contributed by atoms with Crippen LogP contribution in [0.2, 0.25) is 5.02 Å². The third kappa shape index (κ3) is 4.60. The fraction of sp³-hybridized carbons (Fsp3) is 0.375. The Morgan fingerprint density at radius 2 is 1.90 bits per heavy atom. The van der Waals surface area contributed by atoms with Gasteiger partial charge in [-0.05, 0) is 44.9 Å². The van der Waals surface area contributed by atoms with E-state index in [2.05, 4.69) is 5.32 Å². The minimum Gasteiger partial charge on any atom is -0.480 e. The van der Waals surface area contributed by atoms with Gasteiger partial charge in [0.2, 0.25) is 5.91 Å². The van der Waals surface area contributed by atoms with Gasteiger partial charge in [-0.1, -0.05) is 35.9 Å². The van der Waals surface area contributed by atoms with Crippen molar-refractivity contribution in [2.45, 2.75) is 38.6 Å². The molecule has 1 atom stereocenters. The van der Waals surface area contributed by atoms with Crippen LogP contribution in [0.15, 0.2) is 36.4 Å². The summed E-state index contributed by atoms with van der Waals surface area (Å²) in [4.78, 5) is 23.6. The lowest BCUT2D eigenvalue weighted by Crippen LogP contribution is -2.48. The Morgan fingerprint density at radius 3 is 2.38 bits per heavy atom. The Kier molecular flexibility index (Phi) is 5.97. The van der Waals surface area contributed by atoms with Gasteiger partial charge in [0.25, 0.3) is 0 Å². The van der Waals surface area contributed by atoms with E-state index in [1.54, 1.807) is 57.2 Å². The molecule has 0 radical (unpaired) electrons. The average molecular weight is 310 g/mol. The van der Waals surface area contributed by atoms with Gasteiger partial charge < -0.3 is 10.4 Å². The highest BCUT2D eigenvalue weighted by atomic mass is 35.5. The molecule has 21 heavy (non-hydrogen) atoms. The van der Waals surface area contributed by atoms with E-state index < -0.39 is 17.4 Å². The molecular formula is C16H20ClNO3. The van der Waals surface area contributed by atoms with Gasteiger partial charge in [-0.25, -0.2) is 4.79 Å². The van der Waals surface area contributed by atoms with Gasteiger partial charge in [-0.2, -0.15) is 0 Å². The standard InChI is InChI=1S/C16H20ClNO3/c1-4-5-6-13(14(19)20)18-15(21)16(2,3)11-7-9-12(17)10-8-11/h4-5,7-10,13H,6H2,1-3H3,(H,18,21)(H,19,20)/b5-4+. The molecule has 0 saturated heterocycles. The molecule has 0 saturated carbocycles. The number of rotatable bonds is 6. The van der Waals surface area contributed by atoms with Crippen LogP contribution >= 0.6 is 11.6 Å². The normalized spacial score (nSPS) is 13.1. The molecule has 0 aliphatic carbocycles. The molecule has 5 heteroatoms. The summed E-state index contributed by atoms with van der Waals surface area (Å²) in [6.07, 6.45) is 3.73. The monoisotopic (exact) mass is 309 g/mol. The minimum atomic E-state index is -1.05. The SMILES string of the molecule is C/C=C/CC(NC(=O)C(C)(C)c1ccc(Cl)cc1)C(=O)O. The molecule has 4 nitrogen and oxygen atoms in total. The summed E-state index contributed by atoms with van der Waals surface area (Å²) in [7, 11) is 0. The van der Waals surface area contributed by atoms with Crippen molar-refractivity contribution in [3.63, 3.8) is 0 Å². The van der Waals surface area contributed by atoms with E-state index in [1.807, 2.05) is 0 Å². The summed E-state index contributed by atoms with van der Waals surface area (Å²) in [6, 6.07) is 6.02. The summed E-state index contributed by atoms with van der Waals surface area (Å²) in [6.45, 7) is 5.30. The van der Waals surface area contributed by atoms with Crippen LogP contribution in [0.5, 0.6) is 0 Å². The molecule has 1 rings (SSSR count). The van der Waals surface area contributed by atoms with Crippen LogP contribution in [0.1, 0.15) is 32.8 Å². The van der Waals surface area contributed by atoms with Crippen LogP contribution in [-0.4, -0.2) is 23.0 Å². The van der Waals surface area contributed by atoms with E-state index in [-0.39, 0.29) is 12.3 Å². The van der Waals surface area contributed by atoms with Crippen LogP contribution < -0.4 is 5.32 Å². The van der Waals surface area contributed by atoms with Crippen LogP contribution in [0.4, 0.5) is 0 Å².